The number of methoxy groups -OCH3 is 1. The molecule has 1 heterocycles. The number of hydrogen-bond acceptors (Lipinski definition) is 5. The number of aromatic nitrogens is 2. The van der Waals surface area contributed by atoms with Crippen LogP contribution < -0.4 is 14.8 Å². The monoisotopic (exact) mass is 259 g/mol. The van der Waals surface area contributed by atoms with Crippen molar-refractivity contribution in [2.75, 3.05) is 14.2 Å². The van der Waals surface area contributed by atoms with Crippen LogP contribution in [0.2, 0.25) is 0 Å². The molecular weight excluding hydrogens is 242 g/mol. The van der Waals surface area contributed by atoms with Crippen molar-refractivity contribution in [2.45, 2.75) is 13.2 Å². The van der Waals surface area contributed by atoms with Crippen LogP contribution in [0.4, 0.5) is 0 Å². The van der Waals surface area contributed by atoms with Crippen molar-refractivity contribution in [3.63, 3.8) is 0 Å². The first-order valence-corrected chi connectivity index (χ1v) is 6.03. The first-order chi connectivity index (χ1) is 9.33. The highest BCUT2D eigenvalue weighted by Crippen LogP contribution is 2.28. The minimum atomic E-state index is 0.322. The van der Waals surface area contributed by atoms with E-state index in [2.05, 4.69) is 15.3 Å². The highest BCUT2D eigenvalue weighted by molar-refractivity contribution is 5.42. The quantitative estimate of drug-likeness (QED) is 0.857. The zero-order valence-corrected chi connectivity index (χ0v) is 11.1. The van der Waals surface area contributed by atoms with Gasteiger partial charge in [0, 0.05) is 18.9 Å². The highest BCUT2D eigenvalue weighted by atomic mass is 16.5. The fourth-order valence-corrected chi connectivity index (χ4v) is 1.69. The Kier molecular flexibility index (Phi) is 4.69. The summed E-state index contributed by atoms with van der Waals surface area (Å²) >= 11 is 0. The van der Waals surface area contributed by atoms with Crippen LogP contribution in [0.3, 0.4) is 0 Å². The molecule has 0 fully saturated rings. The Hall–Kier alpha value is -2.14. The van der Waals surface area contributed by atoms with E-state index >= 15 is 0 Å². The number of hydrogen-bond donors (Lipinski definition) is 1. The van der Waals surface area contributed by atoms with E-state index in [9.17, 15) is 0 Å². The molecular formula is C14H17N3O2. The van der Waals surface area contributed by atoms with Gasteiger partial charge in [0.05, 0.1) is 7.11 Å². The molecule has 2 aromatic rings. The maximum absolute atomic E-state index is 5.68. The van der Waals surface area contributed by atoms with E-state index in [4.69, 9.17) is 9.47 Å². The van der Waals surface area contributed by atoms with E-state index in [0.29, 0.717) is 23.9 Å². The second kappa shape index (κ2) is 6.70. The molecule has 100 valence electrons. The van der Waals surface area contributed by atoms with Crippen molar-refractivity contribution in [1.82, 2.24) is 15.3 Å². The van der Waals surface area contributed by atoms with Gasteiger partial charge in [-0.2, -0.15) is 0 Å². The van der Waals surface area contributed by atoms with E-state index in [0.717, 1.165) is 12.1 Å². The zero-order valence-electron chi connectivity index (χ0n) is 11.1. The first-order valence-electron chi connectivity index (χ1n) is 6.03. The topological polar surface area (TPSA) is 56.3 Å². The Morgan fingerprint density at radius 2 is 1.95 bits per heavy atom. The predicted molar refractivity (Wildman–Crippen MR) is 72.1 cm³/mol. The third-order valence-corrected chi connectivity index (χ3v) is 2.58. The maximum atomic E-state index is 5.68. The lowest BCUT2D eigenvalue weighted by molar-refractivity contribution is 0.276. The van der Waals surface area contributed by atoms with Gasteiger partial charge < -0.3 is 14.8 Å². The van der Waals surface area contributed by atoms with Crippen LogP contribution >= 0.6 is 0 Å². The summed E-state index contributed by atoms with van der Waals surface area (Å²) in [6.45, 7) is 1.11. The van der Waals surface area contributed by atoms with Crippen molar-refractivity contribution >= 4 is 0 Å². The van der Waals surface area contributed by atoms with Crippen LogP contribution in [0, 0.1) is 0 Å². The lowest BCUT2D eigenvalue weighted by Crippen LogP contribution is -2.06. The summed E-state index contributed by atoms with van der Waals surface area (Å²) in [6.07, 6.45) is 3.39. The van der Waals surface area contributed by atoms with Crippen molar-refractivity contribution in [2.24, 2.45) is 0 Å². The van der Waals surface area contributed by atoms with Gasteiger partial charge in [-0.15, -0.1) is 0 Å². The zero-order chi connectivity index (χ0) is 13.5. The van der Waals surface area contributed by atoms with Gasteiger partial charge in [-0.3, -0.25) is 0 Å². The summed E-state index contributed by atoms with van der Waals surface area (Å²) < 4.78 is 11.0. The van der Waals surface area contributed by atoms with Crippen LogP contribution in [0.1, 0.15) is 11.4 Å². The number of ether oxygens (including phenoxy) is 2. The van der Waals surface area contributed by atoms with Crippen LogP contribution in [0.5, 0.6) is 11.5 Å². The molecule has 5 nitrogen and oxygen atoms in total. The summed E-state index contributed by atoms with van der Waals surface area (Å²) in [4.78, 5) is 8.22. The molecule has 5 heteroatoms. The molecule has 0 unspecified atom stereocenters. The number of nitrogens with zero attached hydrogens (tertiary/aromatic N) is 2. The molecule has 0 amide bonds. The van der Waals surface area contributed by atoms with Crippen LogP contribution in [0.15, 0.2) is 36.7 Å². The molecule has 19 heavy (non-hydrogen) atoms. The van der Waals surface area contributed by atoms with Gasteiger partial charge in [-0.1, -0.05) is 6.07 Å². The Morgan fingerprint density at radius 1 is 1.16 bits per heavy atom. The minimum absolute atomic E-state index is 0.322. The van der Waals surface area contributed by atoms with Crippen molar-refractivity contribution < 1.29 is 9.47 Å². The molecule has 0 saturated carbocycles. The highest BCUT2D eigenvalue weighted by Gasteiger charge is 2.06. The molecule has 0 atom stereocenters. The summed E-state index contributed by atoms with van der Waals surface area (Å²) in [6, 6.07) is 7.63. The molecule has 1 aromatic carbocycles. The second-order valence-electron chi connectivity index (χ2n) is 3.97. The van der Waals surface area contributed by atoms with Crippen LogP contribution in [-0.4, -0.2) is 24.1 Å². The summed E-state index contributed by atoms with van der Waals surface area (Å²) in [7, 11) is 3.54. The van der Waals surface area contributed by atoms with E-state index < -0.39 is 0 Å². The molecule has 0 aliphatic carbocycles. The van der Waals surface area contributed by atoms with E-state index in [1.807, 2.05) is 25.2 Å². The molecule has 1 N–H and O–H groups in total. The van der Waals surface area contributed by atoms with Gasteiger partial charge in [0.1, 0.15) is 6.61 Å². The fraction of sp³-hybridized carbons (Fsp3) is 0.286. The molecule has 0 radical (unpaired) electrons. The first kappa shape index (κ1) is 13.3. The summed E-state index contributed by atoms with van der Waals surface area (Å²) in [5.41, 5.74) is 1.14. The van der Waals surface area contributed by atoms with Crippen molar-refractivity contribution in [3.05, 3.63) is 48.0 Å². The molecule has 0 aliphatic heterocycles. The van der Waals surface area contributed by atoms with Crippen molar-refractivity contribution in [1.29, 1.82) is 0 Å². The molecule has 0 saturated heterocycles. The second-order valence-corrected chi connectivity index (χ2v) is 3.97. The Bertz CT molecular complexity index is 517. The minimum Gasteiger partial charge on any atom is -0.493 e. The smallest absolute Gasteiger partial charge is 0.166 e. The van der Waals surface area contributed by atoms with Crippen LogP contribution in [0.25, 0.3) is 0 Å². The van der Waals surface area contributed by atoms with Gasteiger partial charge >= 0.3 is 0 Å². The lowest BCUT2D eigenvalue weighted by atomic mass is 10.2. The summed E-state index contributed by atoms with van der Waals surface area (Å²) in [5.74, 6) is 2.04. The number of nitrogens with one attached hydrogen (secondary N) is 1. The van der Waals surface area contributed by atoms with Gasteiger partial charge in [0.15, 0.2) is 17.3 Å². The SMILES string of the molecule is CNCc1ccc(OCc2ncccn2)c(OC)c1. The normalized spacial score (nSPS) is 10.2. The molecule has 0 spiro atoms. The lowest BCUT2D eigenvalue weighted by Gasteiger charge is -2.11. The Labute approximate surface area is 112 Å². The largest absolute Gasteiger partial charge is 0.493 e. The predicted octanol–water partition coefficient (Wildman–Crippen LogP) is 1.78. The Balaban J connectivity index is 2.07. The van der Waals surface area contributed by atoms with Gasteiger partial charge in [0.25, 0.3) is 0 Å². The van der Waals surface area contributed by atoms with Crippen LogP contribution in [-0.2, 0) is 13.2 Å². The van der Waals surface area contributed by atoms with Gasteiger partial charge in [0.2, 0.25) is 0 Å². The van der Waals surface area contributed by atoms with E-state index in [1.165, 1.54) is 0 Å². The molecule has 1 aromatic heterocycles. The average Bonchev–Trinajstić information content (AvgIpc) is 2.47. The maximum Gasteiger partial charge on any atom is 0.166 e. The van der Waals surface area contributed by atoms with Gasteiger partial charge in [-0.25, -0.2) is 9.97 Å². The number of rotatable bonds is 6. The third-order valence-electron chi connectivity index (χ3n) is 2.58. The fourth-order valence-electron chi connectivity index (χ4n) is 1.69. The van der Waals surface area contributed by atoms with E-state index in [1.54, 1.807) is 25.6 Å². The van der Waals surface area contributed by atoms with E-state index in [-0.39, 0.29) is 0 Å². The average molecular weight is 259 g/mol. The molecule has 2 rings (SSSR count). The van der Waals surface area contributed by atoms with Crippen molar-refractivity contribution in [3.8, 4) is 11.5 Å². The standard InChI is InChI=1S/C14H17N3O2/c1-15-9-11-4-5-12(13(8-11)18-2)19-10-14-16-6-3-7-17-14/h3-8,15H,9-10H2,1-2H3. The third kappa shape index (κ3) is 3.66. The Morgan fingerprint density at radius 3 is 2.63 bits per heavy atom. The molecule has 0 aliphatic rings. The van der Waals surface area contributed by atoms with Gasteiger partial charge in [-0.05, 0) is 30.8 Å². The number of benzene rings is 1. The molecule has 0 bridgehead atoms. The summed E-state index contributed by atoms with van der Waals surface area (Å²) in [5, 5.41) is 3.10.